The Morgan fingerprint density at radius 2 is 2.07 bits per heavy atom. The molecule has 1 aromatic carbocycles. The lowest BCUT2D eigenvalue weighted by molar-refractivity contribution is -0.135. The number of piperazine rings is 1. The molecule has 28 heavy (non-hydrogen) atoms. The van der Waals surface area contributed by atoms with Crippen LogP contribution in [0.3, 0.4) is 0 Å². The van der Waals surface area contributed by atoms with Crippen LogP contribution in [0.2, 0.25) is 0 Å². The minimum Gasteiger partial charge on any atom is -0.484 e. The van der Waals surface area contributed by atoms with Gasteiger partial charge in [-0.05, 0) is 36.1 Å². The van der Waals surface area contributed by atoms with Gasteiger partial charge in [0.25, 0.3) is 5.91 Å². The van der Waals surface area contributed by atoms with Gasteiger partial charge in [-0.25, -0.2) is 0 Å². The molecule has 1 aliphatic rings. The fraction of sp³-hybridized carbons (Fsp3) is 0.350. The molecule has 0 N–H and O–H groups in total. The number of rotatable bonds is 6. The molecule has 1 amide bonds. The van der Waals surface area contributed by atoms with E-state index in [4.69, 9.17) is 9.26 Å². The van der Waals surface area contributed by atoms with Crippen LogP contribution in [0.15, 0.2) is 46.3 Å². The monoisotopic (exact) mass is 398 g/mol. The molecule has 7 nitrogen and oxygen atoms in total. The first kappa shape index (κ1) is 18.6. The number of carbonyl (C=O) groups excluding carboxylic acids is 1. The van der Waals surface area contributed by atoms with Crippen LogP contribution < -0.4 is 4.74 Å². The Bertz CT molecular complexity index is 917. The molecular weight excluding hydrogens is 376 g/mol. The predicted octanol–water partition coefficient (Wildman–Crippen LogP) is 2.83. The van der Waals surface area contributed by atoms with Crippen molar-refractivity contribution in [3.8, 4) is 16.5 Å². The third-order valence-electron chi connectivity index (χ3n) is 4.65. The maximum atomic E-state index is 12.4. The van der Waals surface area contributed by atoms with Gasteiger partial charge >= 0.3 is 0 Å². The van der Waals surface area contributed by atoms with E-state index in [1.165, 1.54) is 0 Å². The Morgan fingerprint density at radius 1 is 1.21 bits per heavy atom. The van der Waals surface area contributed by atoms with Gasteiger partial charge in [0.15, 0.2) is 6.61 Å². The molecule has 0 spiro atoms. The van der Waals surface area contributed by atoms with Crippen molar-refractivity contribution in [2.45, 2.75) is 13.5 Å². The van der Waals surface area contributed by atoms with E-state index in [0.29, 0.717) is 31.3 Å². The summed E-state index contributed by atoms with van der Waals surface area (Å²) in [6.45, 7) is 5.54. The maximum Gasteiger partial charge on any atom is 0.260 e. The van der Waals surface area contributed by atoms with Crippen molar-refractivity contribution in [2.24, 2.45) is 0 Å². The Morgan fingerprint density at radius 3 is 2.82 bits per heavy atom. The molecule has 0 unspecified atom stereocenters. The standard InChI is InChI=1S/C20H22N4O3S/c1-15-4-2-5-16(12-15)26-14-19(25)24-9-7-23(8-10-24)13-18-21-20(22-27-18)17-6-3-11-28-17/h2-6,11-12H,7-10,13-14H2,1H3. The number of thiophene rings is 1. The Kier molecular flexibility index (Phi) is 5.68. The number of nitrogens with zero attached hydrogens (tertiary/aromatic N) is 4. The average Bonchev–Trinajstić information content (AvgIpc) is 3.38. The summed E-state index contributed by atoms with van der Waals surface area (Å²) in [7, 11) is 0. The van der Waals surface area contributed by atoms with Crippen LogP contribution in [0.25, 0.3) is 10.7 Å². The van der Waals surface area contributed by atoms with Gasteiger partial charge in [0.05, 0.1) is 11.4 Å². The zero-order valence-electron chi connectivity index (χ0n) is 15.7. The molecule has 2 aromatic heterocycles. The summed E-state index contributed by atoms with van der Waals surface area (Å²) in [5, 5.41) is 6.03. The van der Waals surface area contributed by atoms with E-state index in [2.05, 4.69) is 15.0 Å². The van der Waals surface area contributed by atoms with Crippen LogP contribution in [0, 0.1) is 6.92 Å². The quantitative estimate of drug-likeness (QED) is 0.636. The van der Waals surface area contributed by atoms with Gasteiger partial charge in [-0.3, -0.25) is 9.69 Å². The van der Waals surface area contributed by atoms with Gasteiger partial charge in [-0.1, -0.05) is 23.4 Å². The number of hydrogen-bond acceptors (Lipinski definition) is 7. The first-order valence-electron chi connectivity index (χ1n) is 9.23. The summed E-state index contributed by atoms with van der Waals surface area (Å²) in [4.78, 5) is 21.9. The molecule has 0 saturated carbocycles. The second kappa shape index (κ2) is 8.53. The number of aromatic nitrogens is 2. The van der Waals surface area contributed by atoms with E-state index in [1.54, 1.807) is 11.3 Å². The van der Waals surface area contributed by atoms with Gasteiger partial charge < -0.3 is 14.2 Å². The lowest BCUT2D eigenvalue weighted by Gasteiger charge is -2.33. The Balaban J connectivity index is 1.23. The second-order valence-corrected chi connectivity index (χ2v) is 7.70. The molecule has 1 saturated heterocycles. The maximum absolute atomic E-state index is 12.4. The van der Waals surface area contributed by atoms with E-state index in [1.807, 2.05) is 53.6 Å². The molecule has 3 heterocycles. The lowest BCUT2D eigenvalue weighted by atomic mass is 10.2. The third kappa shape index (κ3) is 4.58. The Labute approximate surface area is 167 Å². The average molecular weight is 398 g/mol. The second-order valence-electron chi connectivity index (χ2n) is 6.75. The zero-order valence-corrected chi connectivity index (χ0v) is 16.5. The predicted molar refractivity (Wildman–Crippen MR) is 106 cm³/mol. The number of benzene rings is 1. The molecule has 146 valence electrons. The van der Waals surface area contributed by atoms with Crippen molar-refractivity contribution in [3.63, 3.8) is 0 Å². The number of carbonyl (C=O) groups is 1. The molecule has 4 rings (SSSR count). The minimum atomic E-state index is 0.0129. The van der Waals surface area contributed by atoms with E-state index < -0.39 is 0 Å². The molecule has 3 aromatic rings. The van der Waals surface area contributed by atoms with Crippen LogP contribution >= 0.6 is 11.3 Å². The molecule has 1 fully saturated rings. The first-order valence-corrected chi connectivity index (χ1v) is 10.1. The van der Waals surface area contributed by atoms with Crippen LogP contribution in [0.1, 0.15) is 11.5 Å². The highest BCUT2D eigenvalue weighted by Crippen LogP contribution is 2.21. The van der Waals surface area contributed by atoms with Gasteiger partial charge in [-0.2, -0.15) is 4.98 Å². The molecule has 0 atom stereocenters. The van der Waals surface area contributed by atoms with Crippen LogP contribution in [-0.4, -0.2) is 58.6 Å². The summed E-state index contributed by atoms with van der Waals surface area (Å²) in [6.07, 6.45) is 0. The van der Waals surface area contributed by atoms with Crippen molar-refractivity contribution >= 4 is 17.2 Å². The summed E-state index contributed by atoms with van der Waals surface area (Å²) >= 11 is 1.59. The molecule has 0 aliphatic carbocycles. The lowest BCUT2D eigenvalue weighted by Crippen LogP contribution is -2.49. The molecule has 1 aliphatic heterocycles. The largest absolute Gasteiger partial charge is 0.484 e. The van der Waals surface area contributed by atoms with E-state index in [0.717, 1.165) is 29.3 Å². The van der Waals surface area contributed by atoms with E-state index >= 15 is 0 Å². The number of aryl methyl sites for hydroxylation is 1. The van der Waals surface area contributed by atoms with Crippen molar-refractivity contribution in [2.75, 3.05) is 32.8 Å². The van der Waals surface area contributed by atoms with Crippen molar-refractivity contribution in [1.82, 2.24) is 19.9 Å². The summed E-state index contributed by atoms with van der Waals surface area (Å²) in [6, 6.07) is 11.7. The number of ether oxygens (including phenoxy) is 1. The van der Waals surface area contributed by atoms with Gasteiger partial charge in [0.1, 0.15) is 5.75 Å². The highest BCUT2D eigenvalue weighted by Gasteiger charge is 2.23. The summed E-state index contributed by atoms with van der Waals surface area (Å²) in [5.74, 6) is 1.97. The smallest absolute Gasteiger partial charge is 0.260 e. The van der Waals surface area contributed by atoms with E-state index in [-0.39, 0.29) is 12.5 Å². The number of hydrogen-bond donors (Lipinski definition) is 0. The first-order chi connectivity index (χ1) is 13.7. The molecule has 0 radical (unpaired) electrons. The molecule has 8 heteroatoms. The summed E-state index contributed by atoms with van der Waals surface area (Å²) in [5.41, 5.74) is 1.11. The fourth-order valence-electron chi connectivity index (χ4n) is 3.11. The highest BCUT2D eigenvalue weighted by atomic mass is 32.1. The number of amides is 1. The third-order valence-corrected chi connectivity index (χ3v) is 5.51. The fourth-order valence-corrected chi connectivity index (χ4v) is 3.76. The normalized spacial score (nSPS) is 15.0. The van der Waals surface area contributed by atoms with Gasteiger partial charge in [0.2, 0.25) is 11.7 Å². The van der Waals surface area contributed by atoms with Gasteiger partial charge in [-0.15, -0.1) is 11.3 Å². The topological polar surface area (TPSA) is 71.7 Å². The van der Waals surface area contributed by atoms with E-state index in [9.17, 15) is 4.79 Å². The molecule has 0 bridgehead atoms. The zero-order chi connectivity index (χ0) is 19.3. The van der Waals surface area contributed by atoms with Crippen LogP contribution in [0.5, 0.6) is 5.75 Å². The Hall–Kier alpha value is -2.71. The summed E-state index contributed by atoms with van der Waals surface area (Å²) < 4.78 is 11.0. The van der Waals surface area contributed by atoms with Gasteiger partial charge in [0, 0.05) is 26.2 Å². The van der Waals surface area contributed by atoms with Crippen molar-refractivity contribution < 1.29 is 14.1 Å². The minimum absolute atomic E-state index is 0.0129. The molecular formula is C20H22N4O3S. The van der Waals surface area contributed by atoms with Crippen molar-refractivity contribution in [1.29, 1.82) is 0 Å². The van der Waals surface area contributed by atoms with Crippen molar-refractivity contribution in [3.05, 3.63) is 53.2 Å². The highest BCUT2D eigenvalue weighted by molar-refractivity contribution is 7.13. The van der Waals surface area contributed by atoms with Crippen LogP contribution in [0.4, 0.5) is 0 Å². The van der Waals surface area contributed by atoms with Crippen LogP contribution in [-0.2, 0) is 11.3 Å². The SMILES string of the molecule is Cc1cccc(OCC(=O)N2CCN(Cc3nc(-c4cccs4)no3)CC2)c1.